The van der Waals surface area contributed by atoms with Crippen LogP contribution in [0.15, 0.2) is 38.0 Å². The Bertz CT molecular complexity index is 611. The summed E-state index contributed by atoms with van der Waals surface area (Å²) in [6.07, 6.45) is 3.90. The number of aldehydes is 1. The predicted molar refractivity (Wildman–Crippen MR) is 59.1 cm³/mol. The minimum atomic E-state index is 0.530. The van der Waals surface area contributed by atoms with Crippen LogP contribution in [-0.4, -0.2) is 6.29 Å². The van der Waals surface area contributed by atoms with Crippen molar-refractivity contribution in [3.05, 3.63) is 34.7 Å². The van der Waals surface area contributed by atoms with Gasteiger partial charge in [0.2, 0.25) is 0 Å². The molecule has 0 aliphatic heterocycles. The zero-order valence-corrected chi connectivity index (χ0v) is 9.08. The van der Waals surface area contributed by atoms with Gasteiger partial charge >= 0.3 is 0 Å². The number of carbonyl (C=O) groups excluding carboxylic acids is 1. The van der Waals surface area contributed by atoms with E-state index < -0.39 is 0 Å². The second-order valence-corrected chi connectivity index (χ2v) is 3.97. The molecule has 3 aromatic rings. The summed E-state index contributed by atoms with van der Waals surface area (Å²) >= 11 is 3.43. The maximum atomic E-state index is 11.0. The number of carbonyl (C=O) groups is 1. The third kappa shape index (κ3) is 1.02. The molecule has 0 atom stereocenters. The zero-order chi connectivity index (χ0) is 10.4. The highest BCUT2D eigenvalue weighted by atomic mass is 79.9. The molecule has 74 valence electrons. The summed E-state index contributed by atoms with van der Waals surface area (Å²) in [6.45, 7) is 0. The minimum Gasteiger partial charge on any atom is -0.464 e. The third-order valence-corrected chi connectivity index (χ3v) is 3.21. The highest BCUT2D eigenvalue weighted by molar-refractivity contribution is 9.10. The summed E-state index contributed by atoms with van der Waals surface area (Å²) in [7, 11) is 0. The molecule has 0 saturated heterocycles. The topological polar surface area (TPSA) is 43.4 Å². The van der Waals surface area contributed by atoms with E-state index in [1.807, 2.05) is 0 Å². The van der Waals surface area contributed by atoms with Crippen LogP contribution in [0.3, 0.4) is 0 Å². The molecule has 0 fully saturated rings. The van der Waals surface area contributed by atoms with Crippen LogP contribution in [0.4, 0.5) is 0 Å². The highest BCUT2D eigenvalue weighted by Crippen LogP contribution is 2.36. The normalized spacial score (nSPS) is 11.3. The number of furan rings is 2. The molecule has 0 radical (unpaired) electrons. The SMILES string of the molecule is O=Cc1c2ccoc2c(Br)c2ccoc12. The molecule has 0 bridgehead atoms. The van der Waals surface area contributed by atoms with Crippen molar-refractivity contribution in [3.63, 3.8) is 0 Å². The van der Waals surface area contributed by atoms with E-state index in [2.05, 4.69) is 15.9 Å². The summed E-state index contributed by atoms with van der Waals surface area (Å²) in [6, 6.07) is 3.56. The van der Waals surface area contributed by atoms with Gasteiger partial charge in [-0.1, -0.05) is 0 Å². The Morgan fingerprint density at radius 3 is 2.47 bits per heavy atom. The smallest absolute Gasteiger partial charge is 0.154 e. The molecule has 3 rings (SSSR count). The first kappa shape index (κ1) is 8.73. The Hall–Kier alpha value is -1.55. The van der Waals surface area contributed by atoms with E-state index in [9.17, 15) is 4.79 Å². The van der Waals surface area contributed by atoms with Crippen LogP contribution in [0.25, 0.3) is 21.9 Å². The third-order valence-electron chi connectivity index (χ3n) is 2.42. The van der Waals surface area contributed by atoms with Crippen LogP contribution in [0.5, 0.6) is 0 Å². The van der Waals surface area contributed by atoms with Crippen molar-refractivity contribution >= 4 is 44.2 Å². The van der Waals surface area contributed by atoms with Gasteiger partial charge in [-0.15, -0.1) is 0 Å². The largest absolute Gasteiger partial charge is 0.464 e. The van der Waals surface area contributed by atoms with Crippen LogP contribution in [0.2, 0.25) is 0 Å². The lowest BCUT2D eigenvalue weighted by atomic mass is 10.1. The van der Waals surface area contributed by atoms with Crippen molar-refractivity contribution in [1.29, 1.82) is 0 Å². The number of hydrogen-bond donors (Lipinski definition) is 0. The standard InChI is InChI=1S/C11H5BrO3/c12-9-7-2-4-14-10(7)8(5-13)6-1-3-15-11(6)9/h1-5H. The monoisotopic (exact) mass is 264 g/mol. The number of rotatable bonds is 1. The molecule has 2 heterocycles. The maximum absolute atomic E-state index is 11.0. The van der Waals surface area contributed by atoms with Crippen molar-refractivity contribution in [2.24, 2.45) is 0 Å². The van der Waals surface area contributed by atoms with Crippen LogP contribution in [0, 0.1) is 0 Å². The lowest BCUT2D eigenvalue weighted by Gasteiger charge is -1.99. The average Bonchev–Trinajstić information content (AvgIpc) is 2.85. The van der Waals surface area contributed by atoms with E-state index in [1.54, 1.807) is 24.7 Å². The van der Waals surface area contributed by atoms with Gasteiger partial charge in [-0.05, 0) is 28.1 Å². The van der Waals surface area contributed by atoms with Gasteiger partial charge in [0.05, 0.1) is 22.6 Å². The molecule has 0 N–H and O–H groups in total. The Balaban J connectivity index is 2.70. The molecule has 4 heteroatoms. The van der Waals surface area contributed by atoms with Crippen LogP contribution in [0.1, 0.15) is 10.4 Å². The highest BCUT2D eigenvalue weighted by Gasteiger charge is 2.16. The molecule has 0 unspecified atom stereocenters. The Kier molecular flexibility index (Phi) is 1.73. The second-order valence-electron chi connectivity index (χ2n) is 3.17. The van der Waals surface area contributed by atoms with E-state index in [-0.39, 0.29) is 0 Å². The first-order valence-electron chi connectivity index (χ1n) is 4.34. The quantitative estimate of drug-likeness (QED) is 0.629. The Labute approximate surface area is 92.8 Å². The molecule has 0 amide bonds. The fourth-order valence-corrected chi connectivity index (χ4v) is 2.36. The zero-order valence-electron chi connectivity index (χ0n) is 7.49. The fraction of sp³-hybridized carbons (Fsp3) is 0. The predicted octanol–water partition coefficient (Wildman–Crippen LogP) is 3.75. The lowest BCUT2D eigenvalue weighted by molar-refractivity contribution is 0.112. The molecule has 15 heavy (non-hydrogen) atoms. The molecule has 2 aromatic heterocycles. The molecule has 0 aliphatic carbocycles. The van der Waals surface area contributed by atoms with Gasteiger partial charge in [0.25, 0.3) is 0 Å². The first-order valence-corrected chi connectivity index (χ1v) is 5.13. The van der Waals surface area contributed by atoms with Crippen LogP contribution >= 0.6 is 15.9 Å². The van der Waals surface area contributed by atoms with Gasteiger partial charge in [-0.25, -0.2) is 0 Å². The lowest BCUT2D eigenvalue weighted by Crippen LogP contribution is -1.83. The van der Waals surface area contributed by atoms with Crippen molar-refractivity contribution in [3.8, 4) is 0 Å². The molecular formula is C11H5BrO3. The van der Waals surface area contributed by atoms with Crippen molar-refractivity contribution in [2.45, 2.75) is 0 Å². The molecule has 0 saturated carbocycles. The van der Waals surface area contributed by atoms with Crippen LogP contribution < -0.4 is 0 Å². The summed E-state index contributed by atoms with van der Waals surface area (Å²) < 4.78 is 11.4. The Morgan fingerprint density at radius 1 is 1.07 bits per heavy atom. The summed E-state index contributed by atoms with van der Waals surface area (Å²) in [5.41, 5.74) is 1.79. The van der Waals surface area contributed by atoms with Gasteiger partial charge in [0.1, 0.15) is 11.2 Å². The number of fused-ring (bicyclic) bond motifs is 2. The molecule has 0 spiro atoms. The molecule has 3 nitrogen and oxygen atoms in total. The second kappa shape index (κ2) is 2.97. The summed E-state index contributed by atoms with van der Waals surface area (Å²) in [4.78, 5) is 11.0. The van der Waals surface area contributed by atoms with Gasteiger partial charge in [0.15, 0.2) is 6.29 Å². The average molecular weight is 265 g/mol. The number of hydrogen-bond acceptors (Lipinski definition) is 3. The first-order chi connectivity index (χ1) is 7.33. The van der Waals surface area contributed by atoms with E-state index >= 15 is 0 Å². The van der Waals surface area contributed by atoms with Crippen molar-refractivity contribution in [1.82, 2.24) is 0 Å². The number of benzene rings is 1. The number of halogens is 1. The van der Waals surface area contributed by atoms with Crippen molar-refractivity contribution in [2.75, 3.05) is 0 Å². The fourth-order valence-electron chi connectivity index (χ4n) is 1.74. The maximum Gasteiger partial charge on any atom is 0.154 e. The van der Waals surface area contributed by atoms with E-state index in [4.69, 9.17) is 8.83 Å². The molecule has 1 aromatic carbocycles. The van der Waals surface area contributed by atoms with E-state index in [1.165, 1.54) is 0 Å². The van der Waals surface area contributed by atoms with Gasteiger partial charge < -0.3 is 8.83 Å². The van der Waals surface area contributed by atoms with Gasteiger partial charge in [-0.3, -0.25) is 4.79 Å². The van der Waals surface area contributed by atoms with Crippen molar-refractivity contribution < 1.29 is 13.6 Å². The summed E-state index contributed by atoms with van der Waals surface area (Å²) in [5, 5.41) is 1.61. The molecular weight excluding hydrogens is 260 g/mol. The molecule has 0 aliphatic rings. The van der Waals surface area contributed by atoms with Gasteiger partial charge in [0, 0.05) is 10.8 Å². The Morgan fingerprint density at radius 2 is 1.73 bits per heavy atom. The van der Waals surface area contributed by atoms with Crippen LogP contribution in [-0.2, 0) is 0 Å². The van der Waals surface area contributed by atoms with E-state index in [0.717, 1.165) is 21.5 Å². The minimum absolute atomic E-state index is 0.530. The van der Waals surface area contributed by atoms with E-state index in [0.29, 0.717) is 16.7 Å². The summed E-state index contributed by atoms with van der Waals surface area (Å²) in [5.74, 6) is 0. The van der Waals surface area contributed by atoms with Gasteiger partial charge in [-0.2, -0.15) is 0 Å².